The van der Waals surface area contributed by atoms with Crippen LogP contribution in [0.1, 0.15) is 11.1 Å². The quantitative estimate of drug-likeness (QED) is 0.881. The maximum Gasteiger partial charge on any atom is 0.133 e. The van der Waals surface area contributed by atoms with Crippen LogP contribution in [0.25, 0.3) is 11.1 Å². The highest BCUT2D eigenvalue weighted by molar-refractivity contribution is 5.85. The van der Waals surface area contributed by atoms with Gasteiger partial charge in [-0.3, -0.25) is 0 Å². The molecule has 0 saturated carbocycles. The number of nitrogens with two attached hydrogens (primary N) is 1. The first kappa shape index (κ1) is 14.6. The van der Waals surface area contributed by atoms with Crippen molar-refractivity contribution in [3.63, 3.8) is 0 Å². The lowest BCUT2D eigenvalue weighted by Gasteiger charge is -2.07. The summed E-state index contributed by atoms with van der Waals surface area (Å²) in [6, 6.07) is 9.21. The molecule has 0 bridgehead atoms. The summed E-state index contributed by atoms with van der Waals surface area (Å²) in [7, 11) is 0. The summed E-state index contributed by atoms with van der Waals surface area (Å²) >= 11 is 0. The number of halogens is 3. The van der Waals surface area contributed by atoms with Crippen molar-refractivity contribution >= 4 is 12.4 Å². The van der Waals surface area contributed by atoms with E-state index in [1.807, 2.05) is 25.1 Å². The Bertz CT molecular complexity index is 555. The summed E-state index contributed by atoms with van der Waals surface area (Å²) in [5, 5.41) is 0. The van der Waals surface area contributed by atoms with E-state index in [-0.39, 0.29) is 12.4 Å². The highest BCUT2D eigenvalue weighted by Gasteiger charge is 2.07. The van der Waals surface area contributed by atoms with E-state index in [1.165, 1.54) is 12.1 Å². The van der Waals surface area contributed by atoms with Gasteiger partial charge in [0.15, 0.2) is 0 Å². The van der Waals surface area contributed by atoms with E-state index in [1.54, 1.807) is 0 Å². The summed E-state index contributed by atoms with van der Waals surface area (Å²) in [4.78, 5) is 0. The van der Waals surface area contributed by atoms with Crippen LogP contribution in [0.4, 0.5) is 8.78 Å². The van der Waals surface area contributed by atoms with E-state index in [9.17, 15) is 8.78 Å². The van der Waals surface area contributed by atoms with Gasteiger partial charge in [-0.2, -0.15) is 0 Å². The zero-order valence-corrected chi connectivity index (χ0v) is 10.7. The van der Waals surface area contributed by atoms with Crippen LogP contribution in [0.5, 0.6) is 0 Å². The van der Waals surface area contributed by atoms with E-state index in [2.05, 4.69) is 0 Å². The van der Waals surface area contributed by atoms with Crippen LogP contribution in [-0.2, 0) is 6.54 Å². The summed E-state index contributed by atoms with van der Waals surface area (Å²) < 4.78 is 26.5. The first-order valence-corrected chi connectivity index (χ1v) is 5.36. The monoisotopic (exact) mass is 269 g/mol. The number of rotatable bonds is 2. The largest absolute Gasteiger partial charge is 0.326 e. The van der Waals surface area contributed by atoms with Crippen molar-refractivity contribution in [2.45, 2.75) is 13.5 Å². The van der Waals surface area contributed by atoms with Gasteiger partial charge in [0.1, 0.15) is 11.6 Å². The maximum atomic E-state index is 13.6. The summed E-state index contributed by atoms with van der Waals surface area (Å²) in [5.74, 6) is -1.13. The molecule has 0 aliphatic rings. The van der Waals surface area contributed by atoms with Crippen molar-refractivity contribution < 1.29 is 8.78 Å². The minimum absolute atomic E-state index is 0. The lowest BCUT2D eigenvalue weighted by molar-refractivity contribution is 0.585. The van der Waals surface area contributed by atoms with E-state index in [0.29, 0.717) is 12.1 Å². The normalized spacial score (nSPS) is 10.0. The smallest absolute Gasteiger partial charge is 0.133 e. The first-order valence-electron chi connectivity index (χ1n) is 5.36. The topological polar surface area (TPSA) is 26.0 Å². The van der Waals surface area contributed by atoms with Crippen molar-refractivity contribution in [2.24, 2.45) is 5.73 Å². The van der Waals surface area contributed by atoms with Crippen LogP contribution < -0.4 is 5.73 Å². The third-order valence-corrected chi connectivity index (χ3v) is 2.61. The van der Waals surface area contributed by atoms with E-state index in [4.69, 9.17) is 5.73 Å². The summed E-state index contributed by atoms with van der Waals surface area (Å²) in [6.07, 6.45) is 0. The molecule has 0 radical (unpaired) electrons. The van der Waals surface area contributed by atoms with Gasteiger partial charge in [0.25, 0.3) is 0 Å². The Morgan fingerprint density at radius 1 is 1.06 bits per heavy atom. The number of benzene rings is 2. The van der Waals surface area contributed by atoms with E-state index >= 15 is 0 Å². The molecule has 0 fully saturated rings. The van der Waals surface area contributed by atoms with Crippen LogP contribution >= 0.6 is 12.4 Å². The lowest BCUT2D eigenvalue weighted by Crippen LogP contribution is -1.97. The van der Waals surface area contributed by atoms with E-state index in [0.717, 1.165) is 22.8 Å². The Balaban J connectivity index is 0.00000162. The van der Waals surface area contributed by atoms with Gasteiger partial charge in [-0.25, -0.2) is 8.78 Å². The fourth-order valence-corrected chi connectivity index (χ4v) is 1.86. The van der Waals surface area contributed by atoms with Crippen LogP contribution in [0, 0.1) is 18.6 Å². The Morgan fingerprint density at radius 2 is 1.78 bits per heavy atom. The summed E-state index contributed by atoms with van der Waals surface area (Å²) in [6.45, 7) is 2.32. The average molecular weight is 270 g/mol. The fourth-order valence-electron chi connectivity index (χ4n) is 1.86. The molecule has 0 aromatic heterocycles. The molecule has 96 valence electrons. The van der Waals surface area contributed by atoms with Crippen molar-refractivity contribution in [1.82, 2.24) is 0 Å². The Labute approximate surface area is 111 Å². The molecule has 4 heteroatoms. The Morgan fingerprint density at radius 3 is 2.39 bits per heavy atom. The molecule has 18 heavy (non-hydrogen) atoms. The molecular weight excluding hydrogens is 256 g/mol. The van der Waals surface area contributed by atoms with Gasteiger partial charge in [0.05, 0.1) is 0 Å². The SMILES string of the molecule is Cc1cc(CN)cc(-c2ccc(F)cc2F)c1.Cl. The minimum Gasteiger partial charge on any atom is -0.326 e. The molecule has 2 rings (SSSR count). The third kappa shape index (κ3) is 3.06. The van der Waals surface area contributed by atoms with Gasteiger partial charge in [-0.05, 0) is 36.2 Å². The second-order valence-electron chi connectivity index (χ2n) is 4.04. The number of aryl methyl sites for hydroxylation is 1. The van der Waals surface area contributed by atoms with Gasteiger partial charge in [0, 0.05) is 18.2 Å². The van der Waals surface area contributed by atoms with Crippen molar-refractivity contribution in [3.8, 4) is 11.1 Å². The summed E-state index contributed by atoms with van der Waals surface area (Å²) in [5.41, 5.74) is 8.63. The van der Waals surface area contributed by atoms with Crippen molar-refractivity contribution in [3.05, 3.63) is 59.2 Å². The zero-order chi connectivity index (χ0) is 12.4. The van der Waals surface area contributed by atoms with Gasteiger partial charge in [0.2, 0.25) is 0 Å². The molecule has 0 atom stereocenters. The van der Waals surface area contributed by atoms with Crippen LogP contribution in [0.3, 0.4) is 0 Å². The Hall–Kier alpha value is -1.45. The predicted molar refractivity (Wildman–Crippen MR) is 71.7 cm³/mol. The zero-order valence-electron chi connectivity index (χ0n) is 9.91. The average Bonchev–Trinajstić information content (AvgIpc) is 2.28. The van der Waals surface area contributed by atoms with Crippen molar-refractivity contribution in [2.75, 3.05) is 0 Å². The maximum absolute atomic E-state index is 13.6. The van der Waals surface area contributed by atoms with Gasteiger partial charge in [-0.1, -0.05) is 17.7 Å². The molecule has 0 aliphatic heterocycles. The third-order valence-electron chi connectivity index (χ3n) is 2.61. The first-order chi connectivity index (χ1) is 8.10. The molecular formula is C14H14ClF2N. The second kappa shape index (κ2) is 5.94. The van der Waals surface area contributed by atoms with Crippen LogP contribution in [-0.4, -0.2) is 0 Å². The highest BCUT2D eigenvalue weighted by Crippen LogP contribution is 2.25. The molecule has 0 aliphatic carbocycles. The molecule has 0 spiro atoms. The van der Waals surface area contributed by atoms with Gasteiger partial charge in [-0.15, -0.1) is 12.4 Å². The minimum atomic E-state index is -0.571. The van der Waals surface area contributed by atoms with Gasteiger partial charge >= 0.3 is 0 Å². The molecule has 1 nitrogen and oxygen atoms in total. The molecule has 0 amide bonds. The van der Waals surface area contributed by atoms with Crippen LogP contribution in [0.15, 0.2) is 36.4 Å². The molecule has 2 aromatic carbocycles. The fraction of sp³-hybridized carbons (Fsp3) is 0.143. The molecule has 2 aromatic rings. The Kier molecular flexibility index (Phi) is 4.82. The van der Waals surface area contributed by atoms with Crippen LogP contribution in [0.2, 0.25) is 0 Å². The van der Waals surface area contributed by atoms with Gasteiger partial charge < -0.3 is 5.73 Å². The van der Waals surface area contributed by atoms with E-state index < -0.39 is 11.6 Å². The predicted octanol–water partition coefficient (Wildman–Crippen LogP) is 3.82. The highest BCUT2D eigenvalue weighted by atomic mass is 35.5. The molecule has 0 saturated heterocycles. The number of hydrogen-bond donors (Lipinski definition) is 1. The standard InChI is InChI=1S/C14H13F2N.ClH/c1-9-4-10(8-17)6-11(5-9)13-3-2-12(15)7-14(13)16;/h2-7H,8,17H2,1H3;1H. The lowest BCUT2D eigenvalue weighted by atomic mass is 10.00. The molecule has 2 N–H and O–H groups in total. The second-order valence-corrected chi connectivity index (χ2v) is 4.04. The number of hydrogen-bond acceptors (Lipinski definition) is 1. The molecule has 0 unspecified atom stereocenters. The molecule has 0 heterocycles. The van der Waals surface area contributed by atoms with Crippen molar-refractivity contribution in [1.29, 1.82) is 0 Å².